The van der Waals surface area contributed by atoms with Gasteiger partial charge in [-0.2, -0.15) is 4.98 Å². The zero-order valence-corrected chi connectivity index (χ0v) is 25.3. The standard InChI is InChI=1S/C33H35N5O3S/c1-6-26(24(5)39)20-25-9-13-28(14-10-25)34-33-35-32-30(8-7-17-38(32)36-33)27-11-15-29(16-12-27)37-42(40,41)31-22(3)18-21(2)19-23(31)4/h7-19,26,37H,6,20H2,1-5H3,(H,34,36). The number of Topliss-reactive ketones (excluding diaryl/α,β-unsaturated/α-hetero) is 1. The van der Waals surface area contributed by atoms with Gasteiger partial charge in [-0.25, -0.2) is 12.9 Å². The smallest absolute Gasteiger partial charge is 0.262 e. The van der Waals surface area contributed by atoms with Crippen LogP contribution in [0.2, 0.25) is 0 Å². The van der Waals surface area contributed by atoms with Gasteiger partial charge in [-0.05, 0) is 99.2 Å². The highest BCUT2D eigenvalue weighted by molar-refractivity contribution is 7.92. The van der Waals surface area contributed by atoms with E-state index in [0.717, 1.165) is 40.8 Å². The average molecular weight is 582 g/mol. The minimum atomic E-state index is -3.74. The number of hydrogen-bond acceptors (Lipinski definition) is 6. The van der Waals surface area contributed by atoms with Crippen molar-refractivity contribution >= 4 is 38.8 Å². The molecule has 0 bridgehead atoms. The lowest BCUT2D eigenvalue weighted by molar-refractivity contribution is -0.120. The van der Waals surface area contributed by atoms with E-state index in [2.05, 4.69) is 15.1 Å². The average Bonchev–Trinajstić information content (AvgIpc) is 3.34. The molecule has 3 aromatic carbocycles. The quantitative estimate of drug-likeness (QED) is 0.184. The predicted molar refractivity (Wildman–Crippen MR) is 168 cm³/mol. The maximum Gasteiger partial charge on any atom is 0.262 e. The molecule has 5 rings (SSSR count). The first-order valence-electron chi connectivity index (χ1n) is 14.0. The molecule has 1 unspecified atom stereocenters. The van der Waals surface area contributed by atoms with Gasteiger partial charge in [0.25, 0.3) is 10.0 Å². The van der Waals surface area contributed by atoms with E-state index < -0.39 is 10.0 Å². The number of nitrogens with zero attached hydrogens (tertiary/aromatic N) is 3. The van der Waals surface area contributed by atoms with Gasteiger partial charge in [-0.3, -0.25) is 9.52 Å². The van der Waals surface area contributed by atoms with Crippen LogP contribution in [0.4, 0.5) is 17.3 Å². The van der Waals surface area contributed by atoms with Gasteiger partial charge in [0.05, 0.1) is 4.90 Å². The highest BCUT2D eigenvalue weighted by Crippen LogP contribution is 2.29. The number of carbonyl (C=O) groups excluding carboxylic acids is 1. The molecule has 5 aromatic rings. The Morgan fingerprint density at radius 3 is 2.19 bits per heavy atom. The van der Waals surface area contributed by atoms with E-state index in [4.69, 9.17) is 4.98 Å². The van der Waals surface area contributed by atoms with Crippen LogP contribution in [0, 0.1) is 26.7 Å². The lowest BCUT2D eigenvalue weighted by atomic mass is 9.93. The number of rotatable bonds is 10. The zero-order valence-electron chi connectivity index (χ0n) is 24.5. The van der Waals surface area contributed by atoms with E-state index >= 15 is 0 Å². The summed E-state index contributed by atoms with van der Waals surface area (Å²) in [5.74, 6) is 0.713. The number of nitrogens with one attached hydrogen (secondary N) is 2. The monoisotopic (exact) mass is 581 g/mol. The summed E-state index contributed by atoms with van der Waals surface area (Å²) in [6.07, 6.45) is 3.39. The number of carbonyl (C=O) groups is 1. The Balaban J connectivity index is 1.34. The van der Waals surface area contributed by atoms with E-state index in [9.17, 15) is 13.2 Å². The number of ketones is 1. The number of hydrogen-bond donors (Lipinski definition) is 2. The number of fused-ring (bicyclic) bond motifs is 1. The molecular formula is C33H35N5O3S. The van der Waals surface area contributed by atoms with Crippen molar-refractivity contribution in [2.45, 2.75) is 52.4 Å². The predicted octanol–water partition coefficient (Wildman–Crippen LogP) is 7.02. The Morgan fingerprint density at radius 2 is 1.57 bits per heavy atom. The topological polar surface area (TPSA) is 105 Å². The summed E-state index contributed by atoms with van der Waals surface area (Å²) < 4.78 is 30.8. The van der Waals surface area contributed by atoms with Crippen LogP contribution < -0.4 is 10.0 Å². The van der Waals surface area contributed by atoms with Crippen LogP contribution in [-0.4, -0.2) is 28.8 Å². The second-order valence-electron chi connectivity index (χ2n) is 10.8. The third kappa shape index (κ3) is 6.21. The molecule has 1 atom stereocenters. The molecule has 2 aromatic heterocycles. The van der Waals surface area contributed by atoms with Gasteiger partial charge in [0.1, 0.15) is 5.78 Å². The summed E-state index contributed by atoms with van der Waals surface area (Å²) in [4.78, 5) is 16.8. The van der Waals surface area contributed by atoms with Crippen molar-refractivity contribution in [3.8, 4) is 11.1 Å². The van der Waals surface area contributed by atoms with Crippen LogP contribution in [0.1, 0.15) is 42.5 Å². The Kier molecular flexibility index (Phi) is 8.13. The maximum absolute atomic E-state index is 13.2. The van der Waals surface area contributed by atoms with Crippen molar-refractivity contribution in [1.82, 2.24) is 14.6 Å². The van der Waals surface area contributed by atoms with Gasteiger partial charge >= 0.3 is 0 Å². The van der Waals surface area contributed by atoms with Crippen molar-refractivity contribution in [2.75, 3.05) is 10.0 Å². The summed E-state index contributed by atoms with van der Waals surface area (Å²) in [6, 6.07) is 22.8. The van der Waals surface area contributed by atoms with Gasteiger partial charge in [-0.1, -0.05) is 48.9 Å². The number of aryl methyl sites for hydroxylation is 3. The largest absolute Gasteiger partial charge is 0.323 e. The molecule has 0 saturated carbocycles. The molecule has 9 heteroatoms. The van der Waals surface area contributed by atoms with Crippen molar-refractivity contribution in [2.24, 2.45) is 5.92 Å². The fraction of sp³-hybridized carbons (Fsp3) is 0.242. The Bertz CT molecular complexity index is 1840. The fourth-order valence-corrected chi connectivity index (χ4v) is 6.93. The van der Waals surface area contributed by atoms with E-state index in [0.29, 0.717) is 33.3 Å². The maximum atomic E-state index is 13.2. The first-order valence-corrected chi connectivity index (χ1v) is 15.5. The van der Waals surface area contributed by atoms with Gasteiger partial charge in [0.15, 0.2) is 5.65 Å². The number of aromatic nitrogens is 3. The molecule has 0 fully saturated rings. The molecule has 2 heterocycles. The number of sulfonamides is 1. The normalized spacial score (nSPS) is 12.3. The second kappa shape index (κ2) is 11.8. The lowest BCUT2D eigenvalue weighted by Crippen LogP contribution is -2.15. The van der Waals surface area contributed by atoms with Crippen molar-refractivity contribution in [3.05, 3.63) is 101 Å². The molecule has 0 spiro atoms. The van der Waals surface area contributed by atoms with Crippen LogP contribution in [0.15, 0.2) is 83.9 Å². The van der Waals surface area contributed by atoms with Gasteiger partial charge in [0.2, 0.25) is 5.95 Å². The first-order chi connectivity index (χ1) is 20.0. The molecule has 2 N–H and O–H groups in total. The third-order valence-electron chi connectivity index (χ3n) is 7.44. The molecule has 0 aliphatic rings. The minimum Gasteiger partial charge on any atom is -0.323 e. The number of pyridine rings is 1. The Labute approximate surface area is 246 Å². The molecule has 0 aliphatic heterocycles. The van der Waals surface area contributed by atoms with Crippen molar-refractivity contribution in [1.29, 1.82) is 0 Å². The Hall–Kier alpha value is -4.50. The number of benzene rings is 3. The Morgan fingerprint density at radius 1 is 0.929 bits per heavy atom. The van der Waals surface area contributed by atoms with Crippen molar-refractivity contribution < 1.29 is 13.2 Å². The van der Waals surface area contributed by atoms with Crippen molar-refractivity contribution in [3.63, 3.8) is 0 Å². The summed E-state index contributed by atoms with van der Waals surface area (Å²) in [7, 11) is -3.74. The van der Waals surface area contributed by atoms with Crippen LogP contribution in [-0.2, 0) is 21.2 Å². The molecule has 216 valence electrons. The summed E-state index contributed by atoms with van der Waals surface area (Å²) >= 11 is 0. The number of anilines is 3. The third-order valence-corrected chi connectivity index (χ3v) is 9.13. The van der Waals surface area contributed by atoms with Crippen LogP contribution in [0.3, 0.4) is 0 Å². The molecule has 0 saturated heterocycles. The molecule has 8 nitrogen and oxygen atoms in total. The molecule has 0 radical (unpaired) electrons. The first kappa shape index (κ1) is 29.0. The fourth-order valence-electron chi connectivity index (χ4n) is 5.41. The highest BCUT2D eigenvalue weighted by Gasteiger charge is 2.20. The van der Waals surface area contributed by atoms with Gasteiger partial charge in [-0.15, -0.1) is 5.10 Å². The molecule has 0 aliphatic carbocycles. The summed E-state index contributed by atoms with van der Waals surface area (Å²) in [5.41, 5.74) is 7.31. The van der Waals surface area contributed by atoms with E-state index in [1.165, 1.54) is 0 Å². The minimum absolute atomic E-state index is 0.0400. The van der Waals surface area contributed by atoms with E-state index in [1.807, 2.05) is 94.6 Å². The van der Waals surface area contributed by atoms with Crippen LogP contribution in [0.5, 0.6) is 0 Å². The second-order valence-corrected chi connectivity index (χ2v) is 12.4. The van der Waals surface area contributed by atoms with E-state index in [-0.39, 0.29) is 11.7 Å². The molecule has 0 amide bonds. The lowest BCUT2D eigenvalue weighted by Gasteiger charge is -2.14. The van der Waals surface area contributed by atoms with Crippen LogP contribution >= 0.6 is 0 Å². The molecule has 42 heavy (non-hydrogen) atoms. The summed E-state index contributed by atoms with van der Waals surface area (Å²) in [6.45, 7) is 9.27. The summed E-state index contributed by atoms with van der Waals surface area (Å²) in [5, 5.41) is 7.85. The molecular weight excluding hydrogens is 546 g/mol. The SMILES string of the molecule is CCC(Cc1ccc(Nc2nc3c(-c4ccc(NS(=O)(=O)c5c(C)cc(C)cc5C)cc4)cccn3n2)cc1)C(C)=O. The zero-order chi connectivity index (χ0) is 30.0. The van der Waals surface area contributed by atoms with Gasteiger partial charge in [0, 0.05) is 29.1 Å². The van der Waals surface area contributed by atoms with Gasteiger partial charge < -0.3 is 5.32 Å². The van der Waals surface area contributed by atoms with E-state index in [1.54, 1.807) is 23.6 Å². The van der Waals surface area contributed by atoms with Crippen LogP contribution in [0.25, 0.3) is 16.8 Å². The highest BCUT2D eigenvalue weighted by atomic mass is 32.2.